The second-order valence-corrected chi connectivity index (χ2v) is 12.9. The Bertz CT molecular complexity index is 2510. The van der Waals surface area contributed by atoms with Crippen LogP contribution in [0.15, 0.2) is 132 Å². The van der Waals surface area contributed by atoms with Crippen LogP contribution in [0.3, 0.4) is 0 Å². The average Bonchev–Trinajstić information content (AvgIpc) is 3.65. The molecule has 5 nitrogen and oxygen atoms in total. The summed E-state index contributed by atoms with van der Waals surface area (Å²) in [5.74, 6) is 1.65. The molecule has 0 spiro atoms. The van der Waals surface area contributed by atoms with Gasteiger partial charge in [0.05, 0.1) is 16.7 Å². The third kappa shape index (κ3) is 4.14. The normalized spacial score (nSPS) is 14.4. The van der Waals surface area contributed by atoms with Gasteiger partial charge < -0.3 is 8.98 Å². The Labute approximate surface area is 271 Å². The monoisotopic (exact) mass is 614 g/mol. The fourth-order valence-electron chi connectivity index (χ4n) is 7.28. The van der Waals surface area contributed by atoms with Crippen LogP contribution in [0, 0.1) is 0 Å². The minimum atomic E-state index is -1.34. The predicted octanol–water partition coefficient (Wildman–Crippen LogP) is 10.7. The van der Waals surface area contributed by atoms with E-state index in [1.807, 2.05) is 110 Å². The molecule has 1 atom stereocenters. The zero-order valence-electron chi connectivity index (χ0n) is 26.3. The molecule has 5 aromatic carbocycles. The van der Waals surface area contributed by atoms with Gasteiger partial charge in [0, 0.05) is 46.2 Å². The number of pyridine rings is 1. The second kappa shape index (κ2) is 10.1. The highest BCUT2D eigenvalue weighted by molar-refractivity contribution is 6.07. The number of anilines is 3. The van der Waals surface area contributed by atoms with Crippen molar-refractivity contribution in [1.82, 2.24) is 14.5 Å². The van der Waals surface area contributed by atoms with E-state index in [-0.39, 0.29) is 5.41 Å². The Morgan fingerprint density at radius 2 is 1.51 bits per heavy atom. The Morgan fingerprint density at radius 3 is 2.38 bits per heavy atom. The summed E-state index contributed by atoms with van der Waals surface area (Å²) in [6, 6.07) is 40.1. The topological polar surface area (TPSA) is 47.1 Å². The van der Waals surface area contributed by atoms with Crippen LogP contribution in [-0.2, 0) is 12.5 Å². The van der Waals surface area contributed by atoms with Gasteiger partial charge in [-0.2, -0.15) is 0 Å². The maximum atomic E-state index is 16.6. The SMILES string of the molecule is Cn1c(-c2cccc(C(F)c3cccc(N4c5cc6c(cc5C(C)(C)c5cccnc54)oc4ccccc46)c3)c2)nc2ccccc21. The molecule has 47 heavy (non-hydrogen) atoms. The van der Waals surface area contributed by atoms with Crippen molar-refractivity contribution in [2.24, 2.45) is 7.05 Å². The highest BCUT2D eigenvalue weighted by Gasteiger charge is 2.38. The van der Waals surface area contributed by atoms with Crippen molar-refractivity contribution in [3.8, 4) is 11.4 Å². The van der Waals surface area contributed by atoms with Crippen LogP contribution in [0.1, 0.15) is 42.3 Å². The molecule has 0 radical (unpaired) electrons. The average molecular weight is 615 g/mol. The lowest BCUT2D eigenvalue weighted by Gasteiger charge is -2.41. The number of aromatic nitrogens is 3. The van der Waals surface area contributed by atoms with Gasteiger partial charge in [0.15, 0.2) is 6.17 Å². The van der Waals surface area contributed by atoms with Gasteiger partial charge in [0.1, 0.15) is 22.8 Å². The molecule has 0 fully saturated rings. The Hall–Kier alpha value is -5.75. The van der Waals surface area contributed by atoms with Gasteiger partial charge in [-0.25, -0.2) is 14.4 Å². The van der Waals surface area contributed by atoms with Crippen molar-refractivity contribution in [1.29, 1.82) is 0 Å². The van der Waals surface area contributed by atoms with E-state index in [0.717, 1.165) is 72.7 Å². The molecule has 6 heteroatoms. The molecule has 228 valence electrons. The van der Waals surface area contributed by atoms with E-state index < -0.39 is 6.17 Å². The van der Waals surface area contributed by atoms with E-state index in [2.05, 4.69) is 47.6 Å². The van der Waals surface area contributed by atoms with Gasteiger partial charge in [-0.05, 0) is 71.3 Å². The second-order valence-electron chi connectivity index (χ2n) is 12.9. The van der Waals surface area contributed by atoms with Gasteiger partial charge >= 0.3 is 0 Å². The molecule has 1 aliphatic heterocycles. The third-order valence-corrected chi connectivity index (χ3v) is 9.73. The molecule has 1 aliphatic rings. The van der Waals surface area contributed by atoms with E-state index in [9.17, 15) is 0 Å². The highest BCUT2D eigenvalue weighted by Crippen LogP contribution is 2.53. The lowest BCUT2D eigenvalue weighted by Crippen LogP contribution is -2.31. The van der Waals surface area contributed by atoms with Crippen molar-refractivity contribution in [2.45, 2.75) is 25.4 Å². The summed E-state index contributed by atoms with van der Waals surface area (Å²) in [5, 5.41) is 2.10. The number of para-hydroxylation sites is 3. The number of imidazole rings is 1. The maximum Gasteiger partial charge on any atom is 0.150 e. The molecule has 4 heterocycles. The number of hydrogen-bond donors (Lipinski definition) is 0. The van der Waals surface area contributed by atoms with Crippen molar-refractivity contribution in [2.75, 3.05) is 4.90 Å². The first-order chi connectivity index (χ1) is 22.9. The van der Waals surface area contributed by atoms with Crippen molar-refractivity contribution >= 4 is 50.2 Å². The molecule has 0 bridgehead atoms. The summed E-state index contributed by atoms with van der Waals surface area (Å²) < 4.78 is 25.0. The van der Waals surface area contributed by atoms with Gasteiger partial charge in [0.25, 0.3) is 0 Å². The van der Waals surface area contributed by atoms with Crippen molar-refractivity contribution < 1.29 is 8.81 Å². The smallest absolute Gasteiger partial charge is 0.150 e. The quantitative estimate of drug-likeness (QED) is 0.198. The number of furan rings is 1. The minimum absolute atomic E-state index is 0.334. The largest absolute Gasteiger partial charge is 0.456 e. The summed E-state index contributed by atoms with van der Waals surface area (Å²) in [5.41, 5.74) is 9.44. The molecule has 9 rings (SSSR count). The van der Waals surface area contributed by atoms with Gasteiger partial charge in [-0.1, -0.05) is 80.6 Å². The van der Waals surface area contributed by atoms with Gasteiger partial charge in [-0.15, -0.1) is 0 Å². The van der Waals surface area contributed by atoms with Gasteiger partial charge in [0.2, 0.25) is 0 Å². The fourth-order valence-corrected chi connectivity index (χ4v) is 7.28. The lowest BCUT2D eigenvalue weighted by atomic mass is 9.74. The highest BCUT2D eigenvalue weighted by atomic mass is 19.1. The molecule has 0 amide bonds. The number of fused-ring (bicyclic) bond motifs is 6. The van der Waals surface area contributed by atoms with Crippen LogP contribution in [0.4, 0.5) is 21.6 Å². The Kier molecular flexibility index (Phi) is 5.94. The zero-order chi connectivity index (χ0) is 31.9. The van der Waals surface area contributed by atoms with Crippen molar-refractivity contribution in [3.05, 3.63) is 150 Å². The number of aryl methyl sites for hydroxylation is 1. The fraction of sp³-hybridized carbons (Fsp3) is 0.122. The van der Waals surface area contributed by atoms with Gasteiger partial charge in [-0.3, -0.25) is 4.90 Å². The number of alkyl halides is 1. The van der Waals surface area contributed by atoms with E-state index in [4.69, 9.17) is 14.4 Å². The molecule has 0 aliphatic carbocycles. The minimum Gasteiger partial charge on any atom is -0.456 e. The summed E-state index contributed by atoms with van der Waals surface area (Å²) in [6.07, 6.45) is 0.487. The molecule has 0 N–H and O–H groups in total. The molecule has 3 aromatic heterocycles. The first kappa shape index (κ1) is 27.6. The van der Waals surface area contributed by atoms with E-state index in [1.54, 1.807) is 0 Å². The lowest BCUT2D eigenvalue weighted by molar-refractivity contribution is 0.402. The van der Waals surface area contributed by atoms with Crippen LogP contribution >= 0.6 is 0 Å². The third-order valence-electron chi connectivity index (χ3n) is 9.73. The molecule has 0 saturated carbocycles. The first-order valence-electron chi connectivity index (χ1n) is 15.9. The zero-order valence-corrected chi connectivity index (χ0v) is 26.3. The number of halogens is 1. The number of rotatable bonds is 4. The maximum absolute atomic E-state index is 16.6. The van der Waals surface area contributed by atoms with E-state index >= 15 is 4.39 Å². The first-order valence-corrected chi connectivity index (χ1v) is 15.9. The summed E-state index contributed by atoms with van der Waals surface area (Å²) in [4.78, 5) is 11.9. The molecular weight excluding hydrogens is 583 g/mol. The van der Waals surface area contributed by atoms with Crippen LogP contribution in [-0.4, -0.2) is 14.5 Å². The summed E-state index contributed by atoms with van der Waals surface area (Å²) in [6.45, 7) is 4.45. The Morgan fingerprint density at radius 1 is 0.723 bits per heavy atom. The van der Waals surface area contributed by atoms with Crippen LogP contribution in [0.5, 0.6) is 0 Å². The summed E-state index contributed by atoms with van der Waals surface area (Å²) >= 11 is 0. The number of benzene rings is 5. The number of nitrogens with zero attached hydrogens (tertiary/aromatic N) is 4. The van der Waals surface area contributed by atoms with Crippen LogP contribution < -0.4 is 4.90 Å². The Balaban J connectivity index is 1.17. The molecule has 1 unspecified atom stereocenters. The summed E-state index contributed by atoms with van der Waals surface area (Å²) in [7, 11) is 2.00. The number of hydrogen-bond acceptors (Lipinski definition) is 4. The molecule has 8 aromatic rings. The van der Waals surface area contributed by atoms with Crippen LogP contribution in [0.25, 0.3) is 44.4 Å². The van der Waals surface area contributed by atoms with Crippen LogP contribution in [0.2, 0.25) is 0 Å². The van der Waals surface area contributed by atoms with E-state index in [0.29, 0.717) is 11.1 Å². The standard InChI is InChI=1S/C41H31FN4O/c1-41(2)31-16-10-20-43-40(31)46(35-23-30-29-15-4-7-19-36(29)47-37(30)24-32(35)41)28-14-9-12-26(22-28)38(42)25-11-8-13-27(21-25)39-44-33-17-5-6-18-34(33)45(39)3/h4-24,38H,1-3H3. The predicted molar refractivity (Wildman–Crippen MR) is 187 cm³/mol. The molecular formula is C41H31FN4O. The molecule has 0 saturated heterocycles. The van der Waals surface area contributed by atoms with E-state index in [1.165, 1.54) is 0 Å². The van der Waals surface area contributed by atoms with Crippen molar-refractivity contribution in [3.63, 3.8) is 0 Å².